The Labute approximate surface area is 148 Å². The molecule has 1 aliphatic heterocycles. The number of anilines is 3. The largest absolute Gasteiger partial charge is 0.340 e. The fourth-order valence-corrected chi connectivity index (χ4v) is 3.46. The second kappa shape index (κ2) is 6.97. The van der Waals surface area contributed by atoms with Crippen molar-refractivity contribution < 1.29 is 8.42 Å². The van der Waals surface area contributed by atoms with Crippen molar-refractivity contribution in [1.82, 2.24) is 9.97 Å². The summed E-state index contributed by atoms with van der Waals surface area (Å²) in [5.74, 6) is 1.15. The van der Waals surface area contributed by atoms with Crippen LogP contribution in [0.4, 0.5) is 17.5 Å². The average Bonchev–Trinajstić information content (AvgIpc) is 2.56. The number of hydrogen-bond acceptors (Lipinski definition) is 7. The summed E-state index contributed by atoms with van der Waals surface area (Å²) in [6, 6.07) is 6.74. The lowest BCUT2D eigenvalue weighted by molar-refractivity contribution is 0.500. The summed E-state index contributed by atoms with van der Waals surface area (Å²) in [5.41, 5.74) is 7.30. The van der Waals surface area contributed by atoms with Crippen molar-refractivity contribution in [1.29, 1.82) is 0 Å². The highest BCUT2D eigenvalue weighted by molar-refractivity contribution is 7.90. The van der Waals surface area contributed by atoms with Crippen LogP contribution < -0.4 is 16.0 Å². The van der Waals surface area contributed by atoms with Gasteiger partial charge in [-0.1, -0.05) is 6.07 Å². The Hall–Kier alpha value is -2.19. The Kier molecular flexibility index (Phi) is 4.91. The third-order valence-corrected chi connectivity index (χ3v) is 5.23. The van der Waals surface area contributed by atoms with E-state index < -0.39 is 9.84 Å². The third kappa shape index (κ3) is 4.26. The maximum Gasteiger partial charge on any atom is 0.227 e. The number of nitrogens with one attached hydrogen (secondary N) is 1. The van der Waals surface area contributed by atoms with E-state index in [1.165, 1.54) is 6.26 Å². The van der Waals surface area contributed by atoms with E-state index in [0.717, 1.165) is 25.9 Å². The van der Waals surface area contributed by atoms with Crippen molar-refractivity contribution in [3.63, 3.8) is 0 Å². The van der Waals surface area contributed by atoms with Crippen LogP contribution in [0.15, 0.2) is 35.4 Å². The fraction of sp³-hybridized carbons (Fsp3) is 0.353. The number of nitrogens with two attached hydrogens (primary N) is 1. The molecule has 0 bridgehead atoms. The van der Waals surface area contributed by atoms with Gasteiger partial charge < -0.3 is 16.0 Å². The standard InChI is InChI=1S/C17H22N5O2S/c1-12-10-19-17(22-8-4-5-13(18)11-22)21-16(12)20-14-6-3-7-15(9-14)25(2,23)24/h3,6-7,9-10,13H,1,4-5,8,11,18H2,2H3,(H,19,20,21)/t13-/m0/s1. The van der Waals surface area contributed by atoms with Crippen molar-refractivity contribution in [3.05, 3.63) is 42.9 Å². The molecule has 3 N–H and O–H groups in total. The topological polar surface area (TPSA) is 101 Å². The molecular weight excluding hydrogens is 338 g/mol. The first kappa shape index (κ1) is 17.6. The molecule has 1 aliphatic rings. The Bertz CT molecular complexity index is 869. The van der Waals surface area contributed by atoms with Crippen LogP contribution in [0.25, 0.3) is 0 Å². The van der Waals surface area contributed by atoms with Gasteiger partial charge in [-0.05, 0) is 38.0 Å². The van der Waals surface area contributed by atoms with E-state index in [1.807, 2.05) is 0 Å². The van der Waals surface area contributed by atoms with Crippen molar-refractivity contribution >= 4 is 27.3 Å². The maximum absolute atomic E-state index is 11.7. The summed E-state index contributed by atoms with van der Waals surface area (Å²) in [6.07, 6.45) is 4.86. The van der Waals surface area contributed by atoms with E-state index >= 15 is 0 Å². The minimum Gasteiger partial charge on any atom is -0.340 e. The maximum atomic E-state index is 11.7. The highest BCUT2D eigenvalue weighted by Crippen LogP contribution is 2.23. The van der Waals surface area contributed by atoms with Gasteiger partial charge in [-0.25, -0.2) is 13.4 Å². The molecule has 1 aromatic carbocycles. The zero-order valence-electron chi connectivity index (χ0n) is 14.1. The van der Waals surface area contributed by atoms with Crippen LogP contribution in [0.2, 0.25) is 0 Å². The van der Waals surface area contributed by atoms with Gasteiger partial charge in [0.1, 0.15) is 5.82 Å². The van der Waals surface area contributed by atoms with Crippen LogP contribution in [0.1, 0.15) is 18.4 Å². The molecule has 0 saturated carbocycles. The fourth-order valence-electron chi connectivity index (χ4n) is 2.79. The zero-order valence-corrected chi connectivity index (χ0v) is 15.0. The molecule has 0 aliphatic carbocycles. The van der Waals surface area contributed by atoms with E-state index in [2.05, 4.69) is 27.1 Å². The van der Waals surface area contributed by atoms with Gasteiger partial charge in [-0.15, -0.1) is 0 Å². The molecule has 1 saturated heterocycles. The molecule has 133 valence electrons. The molecule has 1 fully saturated rings. The summed E-state index contributed by atoms with van der Waals surface area (Å²) in [7, 11) is -3.27. The summed E-state index contributed by atoms with van der Waals surface area (Å²) in [5, 5.41) is 3.14. The van der Waals surface area contributed by atoms with Gasteiger partial charge in [0.05, 0.1) is 4.90 Å². The summed E-state index contributed by atoms with van der Waals surface area (Å²) in [4.78, 5) is 11.2. The zero-order chi connectivity index (χ0) is 18.0. The second-order valence-electron chi connectivity index (χ2n) is 6.32. The number of nitrogens with zero attached hydrogens (tertiary/aromatic N) is 3. The van der Waals surface area contributed by atoms with Gasteiger partial charge in [0.15, 0.2) is 9.84 Å². The minimum atomic E-state index is -3.27. The highest BCUT2D eigenvalue weighted by Gasteiger charge is 2.19. The van der Waals surface area contributed by atoms with Crippen LogP contribution >= 0.6 is 0 Å². The number of benzene rings is 1. The number of rotatable bonds is 4. The third-order valence-electron chi connectivity index (χ3n) is 4.12. The SMILES string of the molecule is [CH2]c1cnc(N2CCC[C@H](N)C2)nc1Nc1cccc(S(C)(=O)=O)c1. The van der Waals surface area contributed by atoms with Crippen LogP contribution in [0.5, 0.6) is 0 Å². The minimum absolute atomic E-state index is 0.125. The lowest BCUT2D eigenvalue weighted by Gasteiger charge is -2.31. The molecule has 8 heteroatoms. The van der Waals surface area contributed by atoms with Crippen LogP contribution in [0, 0.1) is 6.92 Å². The molecule has 0 spiro atoms. The molecular formula is C17H22N5O2S. The lowest BCUT2D eigenvalue weighted by atomic mass is 10.1. The van der Waals surface area contributed by atoms with Gasteiger partial charge in [0, 0.05) is 42.8 Å². The quantitative estimate of drug-likeness (QED) is 0.856. The van der Waals surface area contributed by atoms with E-state index in [4.69, 9.17) is 5.73 Å². The van der Waals surface area contributed by atoms with Gasteiger partial charge in [0.2, 0.25) is 5.95 Å². The molecule has 0 amide bonds. The molecule has 25 heavy (non-hydrogen) atoms. The van der Waals surface area contributed by atoms with Gasteiger partial charge in [-0.3, -0.25) is 0 Å². The Morgan fingerprint density at radius 1 is 1.40 bits per heavy atom. The first-order valence-electron chi connectivity index (χ1n) is 8.09. The highest BCUT2D eigenvalue weighted by atomic mass is 32.2. The predicted molar refractivity (Wildman–Crippen MR) is 98.7 cm³/mol. The van der Waals surface area contributed by atoms with Gasteiger partial charge >= 0.3 is 0 Å². The molecule has 0 unspecified atom stereocenters. The smallest absolute Gasteiger partial charge is 0.227 e. The molecule has 3 rings (SSSR count). The van der Waals surface area contributed by atoms with Crippen molar-refractivity contribution in [2.45, 2.75) is 23.8 Å². The predicted octanol–water partition coefficient (Wildman–Crippen LogP) is 1.73. The van der Waals surface area contributed by atoms with E-state index in [-0.39, 0.29) is 10.9 Å². The molecule has 1 aromatic heterocycles. The molecule has 7 nitrogen and oxygen atoms in total. The van der Waals surface area contributed by atoms with E-state index in [0.29, 0.717) is 23.0 Å². The number of aromatic nitrogens is 2. The average molecular weight is 360 g/mol. The molecule has 2 aromatic rings. The first-order chi connectivity index (χ1) is 11.8. The van der Waals surface area contributed by atoms with Crippen LogP contribution in [-0.4, -0.2) is 43.8 Å². The number of piperidine rings is 1. The Morgan fingerprint density at radius 3 is 2.92 bits per heavy atom. The monoisotopic (exact) mass is 360 g/mol. The number of hydrogen-bond donors (Lipinski definition) is 2. The first-order valence-corrected chi connectivity index (χ1v) is 9.99. The van der Waals surface area contributed by atoms with Crippen LogP contribution in [-0.2, 0) is 9.84 Å². The van der Waals surface area contributed by atoms with E-state index in [9.17, 15) is 8.42 Å². The van der Waals surface area contributed by atoms with Crippen molar-refractivity contribution in [2.75, 3.05) is 29.6 Å². The molecule has 1 radical (unpaired) electrons. The van der Waals surface area contributed by atoms with Gasteiger partial charge in [0.25, 0.3) is 0 Å². The van der Waals surface area contributed by atoms with Gasteiger partial charge in [-0.2, -0.15) is 4.98 Å². The Morgan fingerprint density at radius 2 is 2.20 bits per heavy atom. The number of sulfone groups is 1. The molecule has 1 atom stereocenters. The van der Waals surface area contributed by atoms with Crippen molar-refractivity contribution in [2.24, 2.45) is 5.73 Å². The van der Waals surface area contributed by atoms with Crippen molar-refractivity contribution in [3.8, 4) is 0 Å². The summed E-state index contributed by atoms with van der Waals surface area (Å²) in [6.45, 7) is 5.53. The summed E-state index contributed by atoms with van der Waals surface area (Å²) >= 11 is 0. The normalized spacial score (nSPS) is 18.2. The Balaban J connectivity index is 1.86. The molecule has 2 heterocycles. The lowest BCUT2D eigenvalue weighted by Crippen LogP contribution is -2.43. The second-order valence-corrected chi connectivity index (χ2v) is 8.33. The van der Waals surface area contributed by atoms with Crippen LogP contribution in [0.3, 0.4) is 0 Å². The summed E-state index contributed by atoms with van der Waals surface area (Å²) < 4.78 is 23.4. The van der Waals surface area contributed by atoms with E-state index in [1.54, 1.807) is 30.5 Å².